The number of unbranched alkanes of at least 4 members (excludes halogenated alkanes) is 9. The Bertz CT molecular complexity index is 440. The Balaban J connectivity index is 1.82. The summed E-state index contributed by atoms with van der Waals surface area (Å²) in [6.45, 7) is 3.26. The lowest BCUT2D eigenvalue weighted by Crippen LogP contribution is -2.14. The summed E-state index contributed by atoms with van der Waals surface area (Å²) in [7, 11) is 4.16. The van der Waals surface area contributed by atoms with Gasteiger partial charge in [-0.2, -0.15) is 0 Å². The number of hydrogen-bond donors (Lipinski definition) is 0. The van der Waals surface area contributed by atoms with Crippen LogP contribution >= 0.6 is 0 Å². The zero-order valence-electron chi connectivity index (χ0n) is 18.8. The highest BCUT2D eigenvalue weighted by Gasteiger charge is 2.18. The van der Waals surface area contributed by atoms with Crippen LogP contribution in [0.1, 0.15) is 96.8 Å². The molecular formula is C25H45NO2. The van der Waals surface area contributed by atoms with Gasteiger partial charge in [-0.3, -0.25) is 0 Å². The molecule has 1 heterocycles. The molecule has 0 saturated heterocycles. The van der Waals surface area contributed by atoms with E-state index in [1.54, 1.807) is 0 Å². The summed E-state index contributed by atoms with van der Waals surface area (Å²) in [5, 5.41) is 0. The normalized spacial score (nSPS) is 16.9. The molecule has 28 heavy (non-hydrogen) atoms. The summed E-state index contributed by atoms with van der Waals surface area (Å²) in [6, 6.07) is 0. The molecule has 0 saturated carbocycles. The zero-order chi connectivity index (χ0) is 20.3. The van der Waals surface area contributed by atoms with Gasteiger partial charge in [0.05, 0.1) is 0 Å². The molecule has 3 nitrogen and oxygen atoms in total. The van der Waals surface area contributed by atoms with Crippen molar-refractivity contribution in [3.05, 3.63) is 36.3 Å². The summed E-state index contributed by atoms with van der Waals surface area (Å²) in [6.07, 6.45) is 28.5. The highest BCUT2D eigenvalue weighted by atomic mass is 16.7. The number of ether oxygens (including phenoxy) is 2. The van der Waals surface area contributed by atoms with Crippen LogP contribution in [0.15, 0.2) is 36.3 Å². The molecule has 0 aromatic rings. The summed E-state index contributed by atoms with van der Waals surface area (Å²) in [4.78, 5) is 2.17. The smallest absolute Gasteiger partial charge is 0.240 e. The fourth-order valence-corrected chi connectivity index (χ4v) is 3.25. The molecule has 1 atom stereocenters. The first-order valence-electron chi connectivity index (χ1n) is 11.7. The lowest BCUT2D eigenvalue weighted by atomic mass is 10.1. The van der Waals surface area contributed by atoms with E-state index in [-0.39, 0.29) is 6.29 Å². The zero-order valence-corrected chi connectivity index (χ0v) is 18.8. The molecular weight excluding hydrogens is 346 g/mol. The van der Waals surface area contributed by atoms with Gasteiger partial charge in [0.2, 0.25) is 6.29 Å². The van der Waals surface area contributed by atoms with Gasteiger partial charge in [-0.15, -0.1) is 0 Å². The van der Waals surface area contributed by atoms with Gasteiger partial charge in [0.25, 0.3) is 0 Å². The number of allylic oxidation sites excluding steroid dienone is 4. The Morgan fingerprint density at radius 1 is 0.857 bits per heavy atom. The second kappa shape index (κ2) is 17.8. The first kappa shape index (κ1) is 24.8. The molecule has 0 amide bonds. The lowest BCUT2D eigenvalue weighted by molar-refractivity contribution is -0.0401. The van der Waals surface area contributed by atoms with Gasteiger partial charge in [0.15, 0.2) is 0 Å². The van der Waals surface area contributed by atoms with Crippen LogP contribution in [0.2, 0.25) is 0 Å². The van der Waals surface area contributed by atoms with Crippen LogP contribution in [-0.2, 0) is 9.47 Å². The van der Waals surface area contributed by atoms with Crippen molar-refractivity contribution < 1.29 is 9.47 Å². The van der Waals surface area contributed by atoms with Crippen molar-refractivity contribution in [2.24, 2.45) is 0 Å². The fourth-order valence-electron chi connectivity index (χ4n) is 3.25. The SMILES string of the molecule is CCCCC/C=C\C/C=C\CCCCCCCCC1OC=C(CCN(C)C)O1. The number of nitrogens with zero attached hydrogens (tertiary/aromatic N) is 1. The Labute approximate surface area is 174 Å². The second-order valence-electron chi connectivity index (χ2n) is 8.19. The highest BCUT2D eigenvalue weighted by molar-refractivity contribution is 4.93. The predicted octanol–water partition coefficient (Wildman–Crippen LogP) is 7.36. The van der Waals surface area contributed by atoms with Gasteiger partial charge in [-0.25, -0.2) is 0 Å². The van der Waals surface area contributed by atoms with E-state index in [2.05, 4.69) is 50.2 Å². The van der Waals surface area contributed by atoms with Crippen molar-refractivity contribution in [1.82, 2.24) is 4.90 Å². The van der Waals surface area contributed by atoms with Gasteiger partial charge >= 0.3 is 0 Å². The van der Waals surface area contributed by atoms with E-state index in [1.807, 2.05) is 6.26 Å². The maximum absolute atomic E-state index is 5.84. The fraction of sp³-hybridized carbons (Fsp3) is 0.760. The van der Waals surface area contributed by atoms with Crippen LogP contribution in [0.4, 0.5) is 0 Å². The first-order chi connectivity index (χ1) is 13.7. The maximum atomic E-state index is 5.84. The minimum Gasteiger partial charge on any atom is -0.459 e. The summed E-state index contributed by atoms with van der Waals surface area (Å²) in [5.41, 5.74) is 0. The number of hydrogen-bond acceptors (Lipinski definition) is 3. The third-order valence-electron chi connectivity index (χ3n) is 5.08. The molecule has 1 unspecified atom stereocenters. The van der Waals surface area contributed by atoms with Crippen molar-refractivity contribution in [3.8, 4) is 0 Å². The molecule has 0 fully saturated rings. The standard InChI is InChI=1S/C25H45NO2/c1-4-5-6-7-8-9-10-11-12-13-14-15-16-17-18-19-20-25-27-23-24(28-25)21-22-26(2)3/h8-9,11-12,23,25H,4-7,10,13-22H2,1-3H3/b9-8-,12-11-. The molecule has 3 heteroatoms. The van der Waals surface area contributed by atoms with E-state index in [0.29, 0.717) is 0 Å². The quantitative estimate of drug-likeness (QED) is 0.180. The first-order valence-corrected chi connectivity index (χ1v) is 11.7. The average molecular weight is 392 g/mol. The van der Waals surface area contributed by atoms with Gasteiger partial charge in [0, 0.05) is 19.4 Å². The Morgan fingerprint density at radius 2 is 1.50 bits per heavy atom. The van der Waals surface area contributed by atoms with Crippen molar-refractivity contribution in [1.29, 1.82) is 0 Å². The predicted molar refractivity (Wildman–Crippen MR) is 121 cm³/mol. The van der Waals surface area contributed by atoms with E-state index in [9.17, 15) is 0 Å². The molecule has 1 aliphatic heterocycles. The van der Waals surface area contributed by atoms with Crippen LogP contribution in [0, 0.1) is 0 Å². The van der Waals surface area contributed by atoms with E-state index >= 15 is 0 Å². The van der Waals surface area contributed by atoms with E-state index < -0.39 is 0 Å². The minimum absolute atomic E-state index is 0.0389. The third-order valence-corrected chi connectivity index (χ3v) is 5.08. The molecule has 1 rings (SSSR count). The average Bonchev–Trinajstić information content (AvgIpc) is 3.14. The van der Waals surface area contributed by atoms with Crippen LogP contribution in [-0.4, -0.2) is 31.8 Å². The summed E-state index contributed by atoms with van der Waals surface area (Å²) >= 11 is 0. The lowest BCUT2D eigenvalue weighted by Gasteiger charge is -2.13. The topological polar surface area (TPSA) is 21.7 Å². The van der Waals surface area contributed by atoms with Crippen molar-refractivity contribution in [2.75, 3.05) is 20.6 Å². The second-order valence-corrected chi connectivity index (χ2v) is 8.19. The van der Waals surface area contributed by atoms with Gasteiger partial charge in [-0.1, -0.05) is 69.8 Å². The van der Waals surface area contributed by atoms with E-state index in [1.165, 1.54) is 70.6 Å². The van der Waals surface area contributed by atoms with Crippen molar-refractivity contribution in [2.45, 2.75) is 103 Å². The monoisotopic (exact) mass is 391 g/mol. The Hall–Kier alpha value is -1.22. The Kier molecular flexibility index (Phi) is 15.8. The molecule has 0 aromatic heterocycles. The summed E-state index contributed by atoms with van der Waals surface area (Å²) < 4.78 is 11.4. The largest absolute Gasteiger partial charge is 0.459 e. The van der Waals surface area contributed by atoms with Crippen LogP contribution in [0.25, 0.3) is 0 Å². The minimum atomic E-state index is -0.0389. The molecule has 0 radical (unpaired) electrons. The van der Waals surface area contributed by atoms with E-state index in [0.717, 1.165) is 31.6 Å². The van der Waals surface area contributed by atoms with Crippen LogP contribution in [0.5, 0.6) is 0 Å². The molecule has 0 N–H and O–H groups in total. The van der Waals surface area contributed by atoms with Gasteiger partial charge in [-0.05, 0) is 52.6 Å². The third kappa shape index (κ3) is 14.8. The van der Waals surface area contributed by atoms with E-state index in [4.69, 9.17) is 9.47 Å². The molecule has 1 aliphatic rings. The highest BCUT2D eigenvalue weighted by Crippen LogP contribution is 2.22. The Morgan fingerprint density at radius 3 is 2.18 bits per heavy atom. The van der Waals surface area contributed by atoms with Crippen molar-refractivity contribution in [3.63, 3.8) is 0 Å². The molecule has 0 aromatic carbocycles. The molecule has 0 spiro atoms. The van der Waals surface area contributed by atoms with Gasteiger partial charge < -0.3 is 14.4 Å². The molecule has 162 valence electrons. The van der Waals surface area contributed by atoms with Crippen LogP contribution in [0.3, 0.4) is 0 Å². The maximum Gasteiger partial charge on any atom is 0.240 e. The molecule has 0 bridgehead atoms. The number of rotatable bonds is 18. The van der Waals surface area contributed by atoms with Crippen molar-refractivity contribution >= 4 is 0 Å². The molecule has 0 aliphatic carbocycles. The van der Waals surface area contributed by atoms with Gasteiger partial charge in [0.1, 0.15) is 12.0 Å². The van der Waals surface area contributed by atoms with Crippen LogP contribution < -0.4 is 0 Å². The summed E-state index contributed by atoms with van der Waals surface area (Å²) in [5.74, 6) is 0.999.